The molecule has 0 aliphatic rings. The highest BCUT2D eigenvalue weighted by atomic mass is 16.5. The average Bonchev–Trinajstić information content (AvgIpc) is 2.73. The number of hydrogen-bond donors (Lipinski definition) is 2. The summed E-state index contributed by atoms with van der Waals surface area (Å²) < 4.78 is 10.5. The number of aryl methyl sites for hydroxylation is 1. The van der Waals surface area contributed by atoms with Gasteiger partial charge in [-0.05, 0) is 62.1 Å². The summed E-state index contributed by atoms with van der Waals surface area (Å²) in [6.45, 7) is 9.56. The van der Waals surface area contributed by atoms with Gasteiger partial charge < -0.3 is 20.1 Å². The van der Waals surface area contributed by atoms with Crippen molar-refractivity contribution in [1.82, 2.24) is 5.32 Å². The van der Waals surface area contributed by atoms with Gasteiger partial charge in [-0.3, -0.25) is 14.4 Å². The number of benzene rings is 2. The van der Waals surface area contributed by atoms with Crippen LogP contribution in [0.25, 0.3) is 0 Å². The number of rotatable bonds is 9. The molecule has 2 N–H and O–H groups in total. The minimum atomic E-state index is -1.01. The highest BCUT2D eigenvalue weighted by Crippen LogP contribution is 2.27. The van der Waals surface area contributed by atoms with E-state index in [2.05, 4.69) is 10.6 Å². The zero-order chi connectivity index (χ0) is 23.0. The molecular weight excluding hydrogens is 396 g/mol. The molecule has 0 saturated carbocycles. The fourth-order valence-electron chi connectivity index (χ4n) is 2.98. The van der Waals surface area contributed by atoms with E-state index in [0.29, 0.717) is 17.9 Å². The van der Waals surface area contributed by atoms with Crippen molar-refractivity contribution in [2.75, 3.05) is 18.5 Å². The van der Waals surface area contributed by atoms with Gasteiger partial charge in [-0.1, -0.05) is 32.0 Å². The first-order valence-electron chi connectivity index (χ1n) is 10.3. The first-order valence-corrected chi connectivity index (χ1v) is 10.3. The largest absolute Gasteiger partial charge is 0.494 e. The van der Waals surface area contributed by atoms with Gasteiger partial charge in [0.15, 0.2) is 6.10 Å². The summed E-state index contributed by atoms with van der Waals surface area (Å²) >= 11 is 0. The number of anilines is 1. The molecule has 0 spiro atoms. The Kier molecular flexibility index (Phi) is 8.61. The third-order valence-corrected chi connectivity index (χ3v) is 4.67. The van der Waals surface area contributed by atoms with E-state index in [4.69, 9.17) is 9.47 Å². The fourth-order valence-corrected chi connectivity index (χ4v) is 2.98. The van der Waals surface area contributed by atoms with Crippen molar-refractivity contribution >= 4 is 23.5 Å². The number of esters is 1. The predicted octanol–water partition coefficient (Wildman–Crippen LogP) is 3.82. The van der Waals surface area contributed by atoms with Crippen LogP contribution in [0.15, 0.2) is 42.5 Å². The molecule has 0 aliphatic heterocycles. The first-order chi connectivity index (χ1) is 14.7. The molecule has 2 amide bonds. The Bertz CT molecular complexity index is 922. The number of hydrogen-bond acceptors (Lipinski definition) is 5. The lowest BCUT2D eigenvalue weighted by Crippen LogP contribution is -2.36. The summed E-state index contributed by atoms with van der Waals surface area (Å²) in [5, 5.41) is 5.35. The first kappa shape index (κ1) is 23.9. The van der Waals surface area contributed by atoms with Crippen LogP contribution in [0.3, 0.4) is 0 Å². The number of carbonyl (C=O) groups excluding carboxylic acids is 3. The molecule has 31 heavy (non-hydrogen) atoms. The molecule has 2 rings (SSSR count). The van der Waals surface area contributed by atoms with Crippen LogP contribution in [0.1, 0.15) is 55.1 Å². The summed E-state index contributed by atoms with van der Waals surface area (Å²) in [7, 11) is 0. The quantitative estimate of drug-likeness (QED) is 0.595. The second-order valence-electron chi connectivity index (χ2n) is 7.46. The van der Waals surface area contributed by atoms with E-state index in [0.717, 1.165) is 16.8 Å². The van der Waals surface area contributed by atoms with E-state index in [9.17, 15) is 14.4 Å². The smallest absolute Gasteiger partial charge is 0.326 e. The Hall–Kier alpha value is -3.35. The van der Waals surface area contributed by atoms with Crippen LogP contribution in [-0.2, 0) is 14.3 Å². The topological polar surface area (TPSA) is 93.7 Å². The molecule has 2 aromatic carbocycles. The molecule has 0 bridgehead atoms. The molecule has 7 nitrogen and oxygen atoms in total. The van der Waals surface area contributed by atoms with Crippen molar-refractivity contribution in [3.63, 3.8) is 0 Å². The average molecular weight is 427 g/mol. The zero-order valence-corrected chi connectivity index (χ0v) is 18.7. The summed E-state index contributed by atoms with van der Waals surface area (Å²) in [5.74, 6) is -0.657. The van der Waals surface area contributed by atoms with Crippen LogP contribution in [0.5, 0.6) is 5.75 Å². The summed E-state index contributed by atoms with van der Waals surface area (Å²) in [5.41, 5.74) is 3.06. The van der Waals surface area contributed by atoms with Gasteiger partial charge in [-0.2, -0.15) is 0 Å². The Morgan fingerprint density at radius 1 is 1.00 bits per heavy atom. The Morgan fingerprint density at radius 3 is 2.29 bits per heavy atom. The molecule has 0 aromatic heterocycles. The number of carbonyl (C=O) groups is 3. The van der Waals surface area contributed by atoms with Gasteiger partial charge in [0.2, 0.25) is 0 Å². The van der Waals surface area contributed by atoms with Crippen molar-refractivity contribution in [2.45, 2.75) is 46.6 Å². The van der Waals surface area contributed by atoms with Gasteiger partial charge in [0.25, 0.3) is 11.8 Å². The normalized spacial score (nSPS) is 11.5. The molecule has 0 unspecified atom stereocenters. The lowest BCUT2D eigenvalue weighted by molar-refractivity contribution is -0.152. The zero-order valence-electron chi connectivity index (χ0n) is 18.7. The Balaban J connectivity index is 1.88. The Labute approximate surface area is 183 Å². The van der Waals surface area contributed by atoms with Crippen LogP contribution in [-0.4, -0.2) is 37.0 Å². The van der Waals surface area contributed by atoms with Crippen LogP contribution in [0.4, 0.5) is 5.69 Å². The molecule has 0 aliphatic carbocycles. The maximum absolute atomic E-state index is 12.5. The van der Waals surface area contributed by atoms with E-state index in [1.165, 1.54) is 6.92 Å². The van der Waals surface area contributed by atoms with Crippen LogP contribution >= 0.6 is 0 Å². The van der Waals surface area contributed by atoms with E-state index in [-0.39, 0.29) is 12.5 Å². The number of nitrogens with one attached hydrogen (secondary N) is 2. The molecule has 0 fully saturated rings. The number of amides is 2. The highest BCUT2D eigenvalue weighted by molar-refractivity contribution is 5.98. The van der Waals surface area contributed by atoms with Gasteiger partial charge in [-0.15, -0.1) is 0 Å². The lowest BCUT2D eigenvalue weighted by Gasteiger charge is -2.19. The third kappa shape index (κ3) is 6.84. The highest BCUT2D eigenvalue weighted by Gasteiger charge is 2.21. The molecule has 166 valence electrons. The summed E-state index contributed by atoms with van der Waals surface area (Å²) in [4.78, 5) is 36.8. The molecule has 0 saturated heterocycles. The van der Waals surface area contributed by atoms with Crippen molar-refractivity contribution in [2.24, 2.45) is 0 Å². The minimum absolute atomic E-state index is 0.228. The van der Waals surface area contributed by atoms with Gasteiger partial charge in [0, 0.05) is 11.3 Å². The van der Waals surface area contributed by atoms with E-state index in [1.807, 2.05) is 45.9 Å². The standard InChI is InChI=1S/C24H30N2O5/c1-6-30-19-12-10-18(11-13-19)24(29)25-14-21(27)31-17(5)23(28)26-22-16(4)8-7-9-20(22)15(2)3/h7-13,15,17H,6,14H2,1-5H3,(H,25,29)(H,26,28)/t17-/m0/s1. The van der Waals surface area contributed by atoms with Gasteiger partial charge in [0.05, 0.1) is 6.61 Å². The maximum Gasteiger partial charge on any atom is 0.326 e. The summed E-state index contributed by atoms with van der Waals surface area (Å²) in [6, 6.07) is 12.4. The van der Waals surface area contributed by atoms with Crippen LogP contribution in [0, 0.1) is 6.92 Å². The third-order valence-electron chi connectivity index (χ3n) is 4.67. The summed E-state index contributed by atoms with van der Waals surface area (Å²) in [6.07, 6.45) is -1.01. The van der Waals surface area contributed by atoms with Crippen molar-refractivity contribution in [1.29, 1.82) is 0 Å². The molecule has 0 heterocycles. The monoisotopic (exact) mass is 426 g/mol. The fraction of sp³-hybridized carbons (Fsp3) is 0.375. The van der Waals surface area contributed by atoms with E-state index < -0.39 is 23.9 Å². The van der Waals surface area contributed by atoms with Gasteiger partial charge in [0.1, 0.15) is 12.3 Å². The second-order valence-corrected chi connectivity index (χ2v) is 7.46. The van der Waals surface area contributed by atoms with Crippen molar-refractivity contribution in [3.05, 3.63) is 59.2 Å². The molecule has 1 atom stereocenters. The van der Waals surface area contributed by atoms with Crippen molar-refractivity contribution < 1.29 is 23.9 Å². The van der Waals surface area contributed by atoms with Gasteiger partial charge >= 0.3 is 5.97 Å². The van der Waals surface area contributed by atoms with E-state index >= 15 is 0 Å². The molecular formula is C24H30N2O5. The second kappa shape index (κ2) is 11.2. The Morgan fingerprint density at radius 2 is 1.68 bits per heavy atom. The van der Waals surface area contributed by atoms with Crippen LogP contribution in [0.2, 0.25) is 0 Å². The van der Waals surface area contributed by atoms with Crippen LogP contribution < -0.4 is 15.4 Å². The van der Waals surface area contributed by atoms with Gasteiger partial charge in [-0.25, -0.2) is 0 Å². The lowest BCUT2D eigenvalue weighted by atomic mass is 9.98. The van der Waals surface area contributed by atoms with E-state index in [1.54, 1.807) is 24.3 Å². The maximum atomic E-state index is 12.5. The number of ether oxygens (including phenoxy) is 2. The minimum Gasteiger partial charge on any atom is -0.494 e. The SMILES string of the molecule is CCOc1ccc(C(=O)NCC(=O)O[C@@H](C)C(=O)Nc2c(C)cccc2C(C)C)cc1. The van der Waals surface area contributed by atoms with Crippen molar-refractivity contribution in [3.8, 4) is 5.75 Å². The molecule has 2 aromatic rings. The number of para-hydroxylation sites is 1. The molecule has 7 heteroatoms. The predicted molar refractivity (Wildman–Crippen MR) is 119 cm³/mol. The molecule has 0 radical (unpaired) electrons.